The molecule has 0 radical (unpaired) electrons. The fraction of sp³-hybridized carbons (Fsp3) is 0.556. The van der Waals surface area contributed by atoms with Gasteiger partial charge in [0.2, 0.25) is 0 Å². The lowest BCUT2D eigenvalue weighted by molar-refractivity contribution is -0.136. The van der Waals surface area contributed by atoms with E-state index >= 15 is 0 Å². The maximum atomic E-state index is 12.0. The summed E-state index contributed by atoms with van der Waals surface area (Å²) in [5.41, 5.74) is 2.72. The van der Waals surface area contributed by atoms with E-state index in [2.05, 4.69) is 29.4 Å². The maximum Gasteiger partial charge on any atom is 0.313 e. The van der Waals surface area contributed by atoms with E-state index in [4.69, 9.17) is 0 Å². The van der Waals surface area contributed by atoms with Crippen molar-refractivity contribution in [2.24, 2.45) is 0 Å². The van der Waals surface area contributed by atoms with E-state index in [0.717, 1.165) is 37.3 Å². The third kappa shape index (κ3) is 6.20. The van der Waals surface area contributed by atoms with Crippen LogP contribution in [0.4, 0.5) is 11.4 Å². The summed E-state index contributed by atoms with van der Waals surface area (Å²) in [5, 5.41) is 5.32. The minimum atomic E-state index is -0.626. The number of hydrogen-bond acceptors (Lipinski definition) is 4. The summed E-state index contributed by atoms with van der Waals surface area (Å²) in [6.45, 7) is 9.36. The first-order valence-corrected chi connectivity index (χ1v) is 8.48. The first-order chi connectivity index (χ1) is 11.4. The van der Waals surface area contributed by atoms with Gasteiger partial charge in [0.1, 0.15) is 0 Å². The molecule has 1 rings (SSSR count). The lowest BCUT2D eigenvalue weighted by atomic mass is 10.1. The van der Waals surface area contributed by atoms with Crippen LogP contribution in [0.2, 0.25) is 0 Å². The second-order valence-corrected chi connectivity index (χ2v) is 6.04. The van der Waals surface area contributed by atoms with Crippen molar-refractivity contribution < 1.29 is 9.59 Å². The number of rotatable bonds is 8. The van der Waals surface area contributed by atoms with Gasteiger partial charge in [0.05, 0.1) is 0 Å². The van der Waals surface area contributed by atoms with Crippen LogP contribution in [0.15, 0.2) is 18.2 Å². The van der Waals surface area contributed by atoms with E-state index in [1.54, 1.807) is 0 Å². The Morgan fingerprint density at radius 3 is 2.29 bits per heavy atom. The summed E-state index contributed by atoms with van der Waals surface area (Å²) in [7, 11) is 3.94. The van der Waals surface area contributed by atoms with Gasteiger partial charge in [0.15, 0.2) is 0 Å². The monoisotopic (exact) mass is 334 g/mol. The van der Waals surface area contributed by atoms with Crippen LogP contribution in [-0.2, 0) is 9.59 Å². The summed E-state index contributed by atoms with van der Waals surface area (Å²) < 4.78 is 0. The molecule has 6 heteroatoms. The van der Waals surface area contributed by atoms with E-state index in [0.29, 0.717) is 12.2 Å². The van der Waals surface area contributed by atoms with Gasteiger partial charge in [-0.2, -0.15) is 0 Å². The third-order valence-corrected chi connectivity index (χ3v) is 3.86. The summed E-state index contributed by atoms with van der Waals surface area (Å²) in [4.78, 5) is 28.1. The van der Waals surface area contributed by atoms with Crippen molar-refractivity contribution in [2.75, 3.05) is 50.5 Å². The summed E-state index contributed by atoms with van der Waals surface area (Å²) in [6.07, 6.45) is 0.809. The van der Waals surface area contributed by atoms with E-state index in [1.165, 1.54) is 0 Å². The average molecular weight is 334 g/mol. The molecule has 2 amide bonds. The van der Waals surface area contributed by atoms with Crippen LogP contribution in [-0.4, -0.2) is 57.0 Å². The predicted molar refractivity (Wildman–Crippen MR) is 99.6 cm³/mol. The van der Waals surface area contributed by atoms with Crippen molar-refractivity contribution >= 4 is 23.2 Å². The molecule has 0 fully saturated rings. The van der Waals surface area contributed by atoms with Crippen LogP contribution in [0, 0.1) is 6.92 Å². The molecule has 0 aliphatic rings. The number of amides is 2. The molecule has 0 spiro atoms. The number of hydrogen-bond donors (Lipinski definition) is 2. The van der Waals surface area contributed by atoms with Crippen LogP contribution >= 0.6 is 0 Å². The topological polar surface area (TPSA) is 64.7 Å². The minimum Gasteiger partial charge on any atom is -0.372 e. The Hall–Kier alpha value is -2.08. The highest BCUT2D eigenvalue weighted by atomic mass is 16.2. The third-order valence-electron chi connectivity index (χ3n) is 3.86. The highest BCUT2D eigenvalue weighted by Crippen LogP contribution is 2.22. The van der Waals surface area contributed by atoms with Crippen molar-refractivity contribution in [3.63, 3.8) is 0 Å². The zero-order valence-corrected chi connectivity index (χ0v) is 15.5. The fourth-order valence-corrected chi connectivity index (χ4v) is 2.43. The molecule has 0 saturated carbocycles. The number of carbonyl (C=O) groups excluding carboxylic acids is 2. The second-order valence-electron chi connectivity index (χ2n) is 6.04. The summed E-state index contributed by atoms with van der Waals surface area (Å²) >= 11 is 0. The Bertz CT molecular complexity index is 554. The highest BCUT2D eigenvalue weighted by Gasteiger charge is 2.14. The Kier molecular flexibility index (Phi) is 8.26. The highest BCUT2D eigenvalue weighted by molar-refractivity contribution is 6.39. The number of benzene rings is 1. The van der Waals surface area contributed by atoms with Crippen molar-refractivity contribution in [3.05, 3.63) is 23.8 Å². The molecule has 0 bridgehead atoms. The van der Waals surface area contributed by atoms with Crippen molar-refractivity contribution in [2.45, 2.75) is 27.2 Å². The van der Waals surface area contributed by atoms with Gasteiger partial charge in [0, 0.05) is 31.0 Å². The van der Waals surface area contributed by atoms with Crippen molar-refractivity contribution in [1.29, 1.82) is 0 Å². The van der Waals surface area contributed by atoms with Gasteiger partial charge in [-0.1, -0.05) is 0 Å². The molecular formula is C18H30N4O2. The smallest absolute Gasteiger partial charge is 0.313 e. The van der Waals surface area contributed by atoms with Crippen LogP contribution in [0.1, 0.15) is 25.8 Å². The largest absolute Gasteiger partial charge is 0.372 e. The SMILES string of the molecule is CCN(CC)c1ccc(NC(=O)C(=O)NCCCN(C)C)c(C)c1. The lowest BCUT2D eigenvalue weighted by Crippen LogP contribution is -2.36. The van der Waals surface area contributed by atoms with Crippen molar-refractivity contribution in [3.8, 4) is 0 Å². The lowest BCUT2D eigenvalue weighted by Gasteiger charge is -2.22. The molecule has 6 nitrogen and oxygen atoms in total. The molecule has 134 valence electrons. The molecule has 0 aliphatic heterocycles. The van der Waals surface area contributed by atoms with Crippen LogP contribution < -0.4 is 15.5 Å². The Morgan fingerprint density at radius 1 is 1.08 bits per heavy atom. The summed E-state index contributed by atoms with van der Waals surface area (Å²) in [6, 6.07) is 5.84. The number of nitrogens with one attached hydrogen (secondary N) is 2. The first kappa shape index (κ1) is 20.0. The van der Waals surface area contributed by atoms with Gasteiger partial charge in [0.25, 0.3) is 0 Å². The molecule has 0 aliphatic carbocycles. The molecule has 1 aromatic carbocycles. The molecule has 1 aromatic rings. The van der Waals surface area contributed by atoms with Crippen LogP contribution in [0.5, 0.6) is 0 Å². The molecule has 24 heavy (non-hydrogen) atoms. The Morgan fingerprint density at radius 2 is 1.75 bits per heavy atom. The normalized spacial score (nSPS) is 10.6. The number of anilines is 2. The fourth-order valence-electron chi connectivity index (χ4n) is 2.43. The van der Waals surface area contributed by atoms with Crippen molar-refractivity contribution in [1.82, 2.24) is 10.2 Å². The van der Waals surface area contributed by atoms with E-state index in [1.807, 2.05) is 44.1 Å². The van der Waals surface area contributed by atoms with E-state index in [9.17, 15) is 9.59 Å². The quantitative estimate of drug-likeness (QED) is 0.562. The standard InChI is InChI=1S/C18H30N4O2/c1-6-22(7-2)15-9-10-16(14(3)13-15)20-18(24)17(23)19-11-8-12-21(4)5/h9-10,13H,6-8,11-12H2,1-5H3,(H,19,23)(H,20,24). The zero-order valence-electron chi connectivity index (χ0n) is 15.5. The van der Waals surface area contributed by atoms with Gasteiger partial charge >= 0.3 is 11.8 Å². The number of carbonyl (C=O) groups is 2. The van der Waals surface area contributed by atoms with E-state index < -0.39 is 11.8 Å². The molecule has 0 unspecified atom stereocenters. The van der Waals surface area contributed by atoms with Gasteiger partial charge < -0.3 is 20.4 Å². The number of aryl methyl sites for hydroxylation is 1. The molecular weight excluding hydrogens is 304 g/mol. The van der Waals surface area contributed by atoms with E-state index in [-0.39, 0.29) is 0 Å². The average Bonchev–Trinajstić information content (AvgIpc) is 2.54. The van der Waals surface area contributed by atoms with Crippen LogP contribution in [0.25, 0.3) is 0 Å². The van der Waals surface area contributed by atoms with Gasteiger partial charge in [-0.25, -0.2) is 0 Å². The summed E-state index contributed by atoms with van der Waals surface area (Å²) in [5.74, 6) is -1.22. The van der Waals surface area contributed by atoms with Gasteiger partial charge in [-0.05, 0) is 71.6 Å². The molecule has 0 heterocycles. The molecule has 0 aromatic heterocycles. The van der Waals surface area contributed by atoms with Gasteiger partial charge in [-0.3, -0.25) is 9.59 Å². The molecule has 0 atom stereocenters. The minimum absolute atomic E-state index is 0.490. The van der Waals surface area contributed by atoms with Gasteiger partial charge in [-0.15, -0.1) is 0 Å². The Labute approximate surface area is 145 Å². The zero-order chi connectivity index (χ0) is 18.1. The predicted octanol–water partition coefficient (Wildman–Crippen LogP) is 1.85. The molecule has 0 saturated heterocycles. The molecule has 2 N–H and O–H groups in total. The Balaban J connectivity index is 2.59. The van der Waals surface area contributed by atoms with Crippen LogP contribution in [0.3, 0.4) is 0 Å². The maximum absolute atomic E-state index is 12.0. The first-order valence-electron chi connectivity index (χ1n) is 8.48. The second kappa shape index (κ2) is 9.93. The number of nitrogens with zero attached hydrogens (tertiary/aromatic N) is 2.